The van der Waals surface area contributed by atoms with Crippen LogP contribution in [0.3, 0.4) is 0 Å². The first-order valence-corrected chi connectivity index (χ1v) is 7.42. The van der Waals surface area contributed by atoms with Crippen LogP contribution in [-0.4, -0.2) is 42.9 Å². The van der Waals surface area contributed by atoms with Crippen LogP contribution >= 0.6 is 12.4 Å². The number of benzene rings is 1. The summed E-state index contributed by atoms with van der Waals surface area (Å²) in [4.78, 5) is 25.2. The van der Waals surface area contributed by atoms with Gasteiger partial charge >= 0.3 is 0 Å². The molecule has 0 aromatic heterocycles. The largest absolute Gasteiger partial charge is 0.356 e. The van der Waals surface area contributed by atoms with E-state index < -0.39 is 0 Å². The molecule has 1 aliphatic rings. The molecule has 122 valence electrons. The second-order valence-corrected chi connectivity index (χ2v) is 5.50. The van der Waals surface area contributed by atoms with E-state index in [1.165, 1.54) is 0 Å². The zero-order valence-electron chi connectivity index (χ0n) is 12.9. The van der Waals surface area contributed by atoms with E-state index in [1.54, 1.807) is 11.8 Å². The van der Waals surface area contributed by atoms with Crippen LogP contribution in [0.1, 0.15) is 18.9 Å². The number of rotatable bonds is 7. The van der Waals surface area contributed by atoms with E-state index in [0.717, 1.165) is 25.2 Å². The lowest BCUT2D eigenvalue weighted by atomic mass is 10.0. The molecule has 1 heterocycles. The molecule has 0 saturated carbocycles. The van der Waals surface area contributed by atoms with Crippen LogP contribution < -0.4 is 10.6 Å². The number of halogens is 1. The molecule has 0 aliphatic carbocycles. The van der Waals surface area contributed by atoms with Gasteiger partial charge in [0, 0.05) is 52.0 Å². The predicted octanol–water partition coefficient (Wildman–Crippen LogP) is 1.18. The second-order valence-electron chi connectivity index (χ2n) is 5.50. The third-order valence-corrected chi connectivity index (χ3v) is 3.72. The molecule has 0 radical (unpaired) electrons. The molecular formula is C16H24ClN3O2. The molecule has 1 fully saturated rings. The minimum atomic E-state index is -0.00477. The van der Waals surface area contributed by atoms with E-state index >= 15 is 0 Å². The molecule has 5 nitrogen and oxygen atoms in total. The summed E-state index contributed by atoms with van der Waals surface area (Å²) in [5, 5.41) is 6.10. The minimum Gasteiger partial charge on any atom is -0.356 e. The second kappa shape index (κ2) is 9.43. The molecule has 1 aromatic rings. The average molecular weight is 326 g/mol. The first-order chi connectivity index (χ1) is 10.1. The highest BCUT2D eigenvalue weighted by atomic mass is 35.5. The van der Waals surface area contributed by atoms with Gasteiger partial charge in [0.25, 0.3) is 0 Å². The van der Waals surface area contributed by atoms with Gasteiger partial charge in [-0.05, 0) is 5.56 Å². The number of hydrogen-bond donors (Lipinski definition) is 2. The van der Waals surface area contributed by atoms with Crippen molar-refractivity contribution in [2.75, 3.05) is 26.2 Å². The minimum absolute atomic E-state index is 0. The lowest BCUT2D eigenvalue weighted by Gasteiger charge is -2.27. The number of nitrogens with zero attached hydrogens (tertiary/aromatic N) is 1. The smallest absolute Gasteiger partial charge is 0.221 e. The Morgan fingerprint density at radius 3 is 2.50 bits per heavy atom. The summed E-state index contributed by atoms with van der Waals surface area (Å²) in [7, 11) is 0. The van der Waals surface area contributed by atoms with Gasteiger partial charge in [-0.3, -0.25) is 9.59 Å². The van der Waals surface area contributed by atoms with Gasteiger partial charge in [0.1, 0.15) is 0 Å². The third kappa shape index (κ3) is 6.03. The summed E-state index contributed by atoms with van der Waals surface area (Å²) >= 11 is 0. The predicted molar refractivity (Wildman–Crippen MR) is 88.8 cm³/mol. The Morgan fingerprint density at radius 2 is 1.95 bits per heavy atom. The summed E-state index contributed by atoms with van der Waals surface area (Å²) in [5.74, 6) is 0.568. The highest BCUT2D eigenvalue weighted by molar-refractivity contribution is 5.85. The van der Waals surface area contributed by atoms with E-state index in [0.29, 0.717) is 25.4 Å². The van der Waals surface area contributed by atoms with Crippen molar-refractivity contribution in [3.63, 3.8) is 0 Å². The molecule has 0 unspecified atom stereocenters. The summed E-state index contributed by atoms with van der Waals surface area (Å²) in [5.41, 5.74) is 1.08. The van der Waals surface area contributed by atoms with Crippen molar-refractivity contribution >= 4 is 24.2 Å². The van der Waals surface area contributed by atoms with Gasteiger partial charge in [0.05, 0.1) is 0 Å². The Labute approximate surface area is 137 Å². The molecule has 0 bridgehead atoms. The fourth-order valence-electron chi connectivity index (χ4n) is 2.23. The molecule has 1 saturated heterocycles. The molecule has 1 aromatic carbocycles. The quantitative estimate of drug-likeness (QED) is 0.791. The molecule has 0 spiro atoms. The normalized spacial score (nSPS) is 13.7. The molecule has 2 rings (SSSR count). The lowest BCUT2D eigenvalue weighted by Crippen LogP contribution is -2.48. The van der Waals surface area contributed by atoms with E-state index in [1.807, 2.05) is 30.3 Å². The van der Waals surface area contributed by atoms with E-state index in [9.17, 15) is 9.59 Å². The maximum atomic E-state index is 11.8. The van der Waals surface area contributed by atoms with Gasteiger partial charge in [0.2, 0.25) is 11.8 Å². The van der Waals surface area contributed by atoms with Gasteiger partial charge in [-0.15, -0.1) is 12.4 Å². The lowest BCUT2D eigenvalue weighted by molar-refractivity contribution is -0.130. The van der Waals surface area contributed by atoms with Crippen LogP contribution in [0.25, 0.3) is 0 Å². The summed E-state index contributed by atoms with van der Waals surface area (Å²) in [6.45, 7) is 5.24. The SMILES string of the molecule is CC(=O)N(CCC(=O)NCC1CNC1)Cc1ccccc1.Cl. The maximum Gasteiger partial charge on any atom is 0.221 e. The van der Waals surface area contributed by atoms with Crippen LogP contribution in [0.15, 0.2) is 30.3 Å². The van der Waals surface area contributed by atoms with Crippen molar-refractivity contribution in [1.29, 1.82) is 0 Å². The molecule has 22 heavy (non-hydrogen) atoms. The highest BCUT2D eigenvalue weighted by Gasteiger charge is 2.17. The first kappa shape index (κ1) is 18.5. The van der Waals surface area contributed by atoms with E-state index in [2.05, 4.69) is 10.6 Å². The van der Waals surface area contributed by atoms with Crippen LogP contribution in [0.5, 0.6) is 0 Å². The fourth-order valence-corrected chi connectivity index (χ4v) is 2.23. The Hall–Kier alpha value is -1.59. The van der Waals surface area contributed by atoms with Crippen LogP contribution in [0.4, 0.5) is 0 Å². The highest BCUT2D eigenvalue weighted by Crippen LogP contribution is 2.06. The molecule has 6 heteroatoms. The molecular weight excluding hydrogens is 302 g/mol. The van der Waals surface area contributed by atoms with Crippen molar-refractivity contribution in [2.24, 2.45) is 5.92 Å². The van der Waals surface area contributed by atoms with Crippen molar-refractivity contribution < 1.29 is 9.59 Å². The van der Waals surface area contributed by atoms with Gasteiger partial charge in [-0.2, -0.15) is 0 Å². The van der Waals surface area contributed by atoms with E-state index in [-0.39, 0.29) is 24.2 Å². The summed E-state index contributed by atoms with van der Waals surface area (Å²) < 4.78 is 0. The number of hydrogen-bond acceptors (Lipinski definition) is 3. The zero-order chi connectivity index (χ0) is 15.1. The topological polar surface area (TPSA) is 61.4 Å². The van der Waals surface area contributed by atoms with Crippen molar-refractivity contribution in [3.05, 3.63) is 35.9 Å². The average Bonchev–Trinajstić information content (AvgIpc) is 2.42. The number of amides is 2. The Bertz CT molecular complexity index is 478. The monoisotopic (exact) mass is 325 g/mol. The van der Waals surface area contributed by atoms with E-state index in [4.69, 9.17) is 0 Å². The summed E-state index contributed by atoms with van der Waals surface area (Å²) in [6.07, 6.45) is 0.354. The van der Waals surface area contributed by atoms with Gasteiger partial charge in [-0.25, -0.2) is 0 Å². The van der Waals surface area contributed by atoms with Crippen LogP contribution in [-0.2, 0) is 16.1 Å². The Morgan fingerprint density at radius 1 is 1.27 bits per heavy atom. The van der Waals surface area contributed by atoms with Gasteiger partial charge in [-0.1, -0.05) is 30.3 Å². The van der Waals surface area contributed by atoms with Gasteiger partial charge in [0.15, 0.2) is 0 Å². The van der Waals surface area contributed by atoms with Crippen molar-refractivity contribution in [1.82, 2.24) is 15.5 Å². The molecule has 1 aliphatic heterocycles. The van der Waals surface area contributed by atoms with Gasteiger partial charge < -0.3 is 15.5 Å². The number of nitrogens with one attached hydrogen (secondary N) is 2. The van der Waals surface area contributed by atoms with Crippen LogP contribution in [0.2, 0.25) is 0 Å². The summed E-state index contributed by atoms with van der Waals surface area (Å²) in [6, 6.07) is 9.82. The van der Waals surface area contributed by atoms with Crippen LogP contribution in [0, 0.1) is 5.92 Å². The maximum absolute atomic E-state index is 11.8. The fraction of sp³-hybridized carbons (Fsp3) is 0.500. The Kier molecular flexibility index (Phi) is 7.91. The zero-order valence-corrected chi connectivity index (χ0v) is 13.7. The third-order valence-electron chi connectivity index (χ3n) is 3.72. The molecule has 2 N–H and O–H groups in total. The molecule has 2 amide bonds. The van der Waals surface area contributed by atoms with Crippen molar-refractivity contribution in [3.8, 4) is 0 Å². The molecule has 0 atom stereocenters. The number of carbonyl (C=O) groups excluding carboxylic acids is 2. The standard InChI is InChI=1S/C16H23N3O2.ClH/c1-13(20)19(12-14-5-3-2-4-6-14)8-7-16(21)18-11-15-9-17-10-15;/h2-6,15,17H,7-12H2,1H3,(H,18,21);1H. The number of carbonyl (C=O) groups is 2. The van der Waals surface area contributed by atoms with Crippen molar-refractivity contribution in [2.45, 2.75) is 19.9 Å². The first-order valence-electron chi connectivity index (χ1n) is 7.42. The Balaban J connectivity index is 0.00000242.